The molecule has 0 aromatic carbocycles. The van der Waals surface area contributed by atoms with Crippen LogP contribution in [0.3, 0.4) is 0 Å². The lowest BCUT2D eigenvalue weighted by Crippen LogP contribution is -2.16. The number of nitrogens with two attached hydrogens (primary N) is 1. The first-order chi connectivity index (χ1) is 7.97. The monoisotopic (exact) mass is 256 g/mol. The van der Waals surface area contributed by atoms with E-state index in [-0.39, 0.29) is 5.95 Å². The number of hydrogen-bond donors (Lipinski definition) is 2. The van der Waals surface area contributed by atoms with Crippen LogP contribution in [0.2, 0.25) is 5.15 Å². The van der Waals surface area contributed by atoms with Gasteiger partial charge in [0.05, 0.1) is 0 Å². The van der Waals surface area contributed by atoms with Crippen LogP contribution < -0.4 is 11.1 Å². The molecule has 1 heterocycles. The largest absolute Gasteiger partial charge is 0.368 e. The molecule has 1 rings (SSSR count). The van der Waals surface area contributed by atoms with Gasteiger partial charge in [0.1, 0.15) is 11.0 Å². The van der Waals surface area contributed by atoms with Gasteiger partial charge in [-0.15, -0.1) is 0 Å². The molecule has 0 fully saturated rings. The summed E-state index contributed by atoms with van der Waals surface area (Å²) in [6, 6.07) is 2.05. The van der Waals surface area contributed by atoms with Crippen molar-refractivity contribution in [2.45, 2.75) is 46.1 Å². The van der Waals surface area contributed by atoms with Crippen LogP contribution in [0.15, 0.2) is 6.07 Å². The summed E-state index contributed by atoms with van der Waals surface area (Å²) in [6.07, 6.45) is 3.57. The second-order valence-electron chi connectivity index (χ2n) is 4.80. The van der Waals surface area contributed by atoms with E-state index in [4.69, 9.17) is 17.3 Å². The van der Waals surface area contributed by atoms with E-state index < -0.39 is 0 Å². The molecule has 0 saturated carbocycles. The van der Waals surface area contributed by atoms with Crippen LogP contribution in [-0.4, -0.2) is 16.0 Å². The third kappa shape index (κ3) is 5.73. The molecule has 1 atom stereocenters. The van der Waals surface area contributed by atoms with Crippen LogP contribution in [0.5, 0.6) is 0 Å². The topological polar surface area (TPSA) is 63.8 Å². The summed E-state index contributed by atoms with van der Waals surface area (Å²) < 4.78 is 0. The maximum Gasteiger partial charge on any atom is 0.223 e. The molecule has 5 heteroatoms. The molecule has 4 nitrogen and oxygen atoms in total. The fourth-order valence-electron chi connectivity index (χ4n) is 1.67. The molecule has 1 aromatic rings. The number of hydrogen-bond acceptors (Lipinski definition) is 4. The SMILES string of the molecule is CC(C)CCCC(C)Nc1cc(Cl)nc(N)n1. The average molecular weight is 257 g/mol. The lowest BCUT2D eigenvalue weighted by Gasteiger charge is -2.15. The van der Waals surface area contributed by atoms with Gasteiger partial charge < -0.3 is 11.1 Å². The van der Waals surface area contributed by atoms with Gasteiger partial charge in [-0.05, 0) is 19.3 Å². The van der Waals surface area contributed by atoms with E-state index in [2.05, 4.69) is 36.1 Å². The van der Waals surface area contributed by atoms with E-state index in [1.165, 1.54) is 12.8 Å². The summed E-state index contributed by atoms with van der Waals surface area (Å²) in [7, 11) is 0. The average Bonchev–Trinajstić information content (AvgIpc) is 2.14. The molecule has 0 bridgehead atoms. The number of nitrogens with one attached hydrogen (secondary N) is 1. The van der Waals surface area contributed by atoms with Gasteiger partial charge in [-0.1, -0.05) is 38.3 Å². The number of rotatable bonds is 6. The lowest BCUT2D eigenvalue weighted by atomic mass is 10.0. The number of anilines is 2. The Morgan fingerprint density at radius 3 is 2.59 bits per heavy atom. The number of halogens is 1. The van der Waals surface area contributed by atoms with E-state index in [0.29, 0.717) is 17.0 Å². The molecular formula is C12H21ClN4. The first-order valence-electron chi connectivity index (χ1n) is 6.04. The Kier molecular flexibility index (Phi) is 5.48. The standard InChI is InChI=1S/C12H21ClN4/c1-8(2)5-4-6-9(3)15-11-7-10(13)16-12(14)17-11/h7-9H,4-6H2,1-3H3,(H3,14,15,16,17). The molecule has 0 aliphatic heterocycles. The minimum absolute atomic E-state index is 0.203. The summed E-state index contributed by atoms with van der Waals surface area (Å²) in [5.41, 5.74) is 5.53. The normalized spacial score (nSPS) is 12.8. The van der Waals surface area contributed by atoms with Crippen molar-refractivity contribution in [3.63, 3.8) is 0 Å². The van der Waals surface area contributed by atoms with Gasteiger partial charge in [-0.25, -0.2) is 4.98 Å². The van der Waals surface area contributed by atoms with Crippen LogP contribution in [-0.2, 0) is 0 Å². The van der Waals surface area contributed by atoms with Crippen molar-refractivity contribution >= 4 is 23.4 Å². The summed E-state index contributed by atoms with van der Waals surface area (Å²) in [6.45, 7) is 6.61. The Morgan fingerprint density at radius 2 is 2.00 bits per heavy atom. The minimum Gasteiger partial charge on any atom is -0.368 e. The van der Waals surface area contributed by atoms with Crippen LogP contribution >= 0.6 is 11.6 Å². The van der Waals surface area contributed by atoms with E-state index in [0.717, 1.165) is 12.3 Å². The van der Waals surface area contributed by atoms with Gasteiger partial charge in [0.25, 0.3) is 0 Å². The Bertz CT molecular complexity index is 334. The molecule has 1 aromatic heterocycles. The second-order valence-corrected chi connectivity index (χ2v) is 5.19. The molecule has 0 saturated heterocycles. The van der Waals surface area contributed by atoms with Crippen LogP contribution in [0, 0.1) is 5.92 Å². The zero-order valence-electron chi connectivity index (χ0n) is 10.7. The van der Waals surface area contributed by atoms with Gasteiger partial charge in [-0.3, -0.25) is 0 Å². The first kappa shape index (κ1) is 14.0. The van der Waals surface area contributed by atoms with Crippen molar-refractivity contribution in [3.8, 4) is 0 Å². The zero-order valence-corrected chi connectivity index (χ0v) is 11.5. The first-order valence-corrected chi connectivity index (χ1v) is 6.41. The van der Waals surface area contributed by atoms with Gasteiger partial charge >= 0.3 is 0 Å². The van der Waals surface area contributed by atoms with E-state index in [1.54, 1.807) is 6.07 Å². The van der Waals surface area contributed by atoms with Crippen LogP contribution in [0.25, 0.3) is 0 Å². The predicted octanol–water partition coefficient (Wildman–Crippen LogP) is 3.34. The van der Waals surface area contributed by atoms with Crippen molar-refractivity contribution in [1.82, 2.24) is 9.97 Å². The maximum atomic E-state index is 5.81. The molecule has 17 heavy (non-hydrogen) atoms. The summed E-state index contributed by atoms with van der Waals surface area (Å²) in [5.74, 6) is 1.65. The highest BCUT2D eigenvalue weighted by Gasteiger charge is 2.06. The van der Waals surface area contributed by atoms with Gasteiger partial charge in [-0.2, -0.15) is 4.98 Å². The number of nitrogen functional groups attached to an aromatic ring is 1. The lowest BCUT2D eigenvalue weighted by molar-refractivity contribution is 0.520. The Hall–Kier alpha value is -1.03. The molecule has 0 aliphatic rings. The highest BCUT2D eigenvalue weighted by atomic mass is 35.5. The Morgan fingerprint density at radius 1 is 1.29 bits per heavy atom. The van der Waals surface area contributed by atoms with E-state index in [1.807, 2.05) is 0 Å². The zero-order chi connectivity index (χ0) is 12.8. The molecule has 1 unspecified atom stereocenters. The van der Waals surface area contributed by atoms with Gasteiger partial charge in [0.15, 0.2) is 0 Å². The maximum absolute atomic E-state index is 5.81. The summed E-state index contributed by atoms with van der Waals surface area (Å²) >= 11 is 5.81. The summed E-state index contributed by atoms with van der Waals surface area (Å²) in [5, 5.41) is 3.65. The smallest absolute Gasteiger partial charge is 0.223 e. The molecule has 0 radical (unpaired) electrons. The van der Waals surface area contributed by atoms with Crippen molar-refractivity contribution in [3.05, 3.63) is 11.2 Å². The van der Waals surface area contributed by atoms with Crippen LogP contribution in [0.1, 0.15) is 40.0 Å². The number of nitrogens with zero attached hydrogens (tertiary/aromatic N) is 2. The van der Waals surface area contributed by atoms with E-state index >= 15 is 0 Å². The fourth-order valence-corrected chi connectivity index (χ4v) is 1.86. The molecule has 0 amide bonds. The fraction of sp³-hybridized carbons (Fsp3) is 0.667. The van der Waals surface area contributed by atoms with Crippen molar-refractivity contribution in [1.29, 1.82) is 0 Å². The third-order valence-electron chi connectivity index (χ3n) is 2.53. The Balaban J connectivity index is 2.42. The molecular weight excluding hydrogens is 236 g/mol. The third-order valence-corrected chi connectivity index (χ3v) is 2.72. The molecule has 0 spiro atoms. The minimum atomic E-state index is 0.203. The quantitative estimate of drug-likeness (QED) is 0.767. The van der Waals surface area contributed by atoms with Crippen LogP contribution in [0.4, 0.5) is 11.8 Å². The second kappa shape index (κ2) is 6.64. The molecule has 3 N–H and O–H groups in total. The highest BCUT2D eigenvalue weighted by Crippen LogP contribution is 2.15. The molecule has 96 valence electrons. The highest BCUT2D eigenvalue weighted by molar-refractivity contribution is 6.29. The Labute approximate surface area is 108 Å². The van der Waals surface area contributed by atoms with Gasteiger partial charge in [0.2, 0.25) is 5.95 Å². The van der Waals surface area contributed by atoms with E-state index in [9.17, 15) is 0 Å². The summed E-state index contributed by atoms with van der Waals surface area (Å²) in [4.78, 5) is 7.91. The predicted molar refractivity (Wildman–Crippen MR) is 73.2 cm³/mol. The van der Waals surface area contributed by atoms with Gasteiger partial charge in [0, 0.05) is 12.1 Å². The van der Waals surface area contributed by atoms with Crippen molar-refractivity contribution in [2.24, 2.45) is 5.92 Å². The van der Waals surface area contributed by atoms with Crippen molar-refractivity contribution < 1.29 is 0 Å². The number of aromatic nitrogens is 2. The van der Waals surface area contributed by atoms with Crippen molar-refractivity contribution in [2.75, 3.05) is 11.1 Å². The molecule has 0 aliphatic carbocycles.